The van der Waals surface area contributed by atoms with E-state index in [1.807, 2.05) is 6.92 Å². The molecule has 0 aromatic carbocycles. The summed E-state index contributed by atoms with van der Waals surface area (Å²) >= 11 is 0. The van der Waals surface area contributed by atoms with Crippen LogP contribution in [0.2, 0.25) is 0 Å². The smallest absolute Gasteiger partial charge is 0.132 e. The minimum Gasteiger partial charge on any atom is -0.313 e. The van der Waals surface area contributed by atoms with E-state index in [0.29, 0.717) is 11.8 Å². The molecule has 0 amide bonds. The largest absolute Gasteiger partial charge is 0.313 e. The Bertz CT molecular complexity index is 707. The molecule has 0 spiro atoms. The maximum Gasteiger partial charge on any atom is 0.132 e. The number of hydrogen-bond acceptors (Lipinski definition) is 7. The summed E-state index contributed by atoms with van der Waals surface area (Å²) in [6.45, 7) is 18.7. The predicted molar refractivity (Wildman–Crippen MR) is 121 cm³/mol. The minimum absolute atomic E-state index is 0.271. The van der Waals surface area contributed by atoms with E-state index in [4.69, 9.17) is 4.98 Å². The van der Waals surface area contributed by atoms with E-state index in [0.717, 1.165) is 56.0 Å². The van der Waals surface area contributed by atoms with Crippen molar-refractivity contribution in [3.05, 3.63) is 17.5 Å². The van der Waals surface area contributed by atoms with Crippen molar-refractivity contribution in [1.29, 1.82) is 0 Å². The van der Waals surface area contributed by atoms with Gasteiger partial charge in [0, 0.05) is 35.0 Å². The lowest BCUT2D eigenvalue weighted by atomic mass is 9.74. The van der Waals surface area contributed by atoms with Crippen molar-refractivity contribution in [1.82, 2.24) is 25.1 Å². The van der Waals surface area contributed by atoms with Gasteiger partial charge < -0.3 is 10.4 Å². The number of piperidine rings is 2. The number of nitrogens with zero attached hydrogens (tertiary/aromatic N) is 5. The molecule has 3 rings (SSSR count). The fraction of sp³-hybridized carbons (Fsp3) is 0.875. The van der Waals surface area contributed by atoms with Crippen molar-refractivity contribution in [2.75, 3.05) is 0 Å². The summed E-state index contributed by atoms with van der Waals surface area (Å²) < 4.78 is 0. The average molecular weight is 434 g/mol. The molecule has 3 heterocycles. The Hall–Kier alpha value is -1.15. The second-order valence-electron chi connectivity index (χ2n) is 12.5. The maximum absolute atomic E-state index is 10.6. The van der Waals surface area contributed by atoms with Crippen LogP contribution in [0.1, 0.15) is 98.5 Å². The summed E-state index contributed by atoms with van der Waals surface area (Å²) in [6, 6.07) is 0. The van der Waals surface area contributed by atoms with Crippen LogP contribution in [0, 0.1) is 18.8 Å². The van der Waals surface area contributed by atoms with Gasteiger partial charge in [-0.15, -0.1) is 0 Å². The zero-order valence-corrected chi connectivity index (χ0v) is 21.0. The fourth-order valence-electron chi connectivity index (χ4n) is 6.54. The Labute approximate surface area is 188 Å². The van der Waals surface area contributed by atoms with Crippen LogP contribution in [0.3, 0.4) is 0 Å². The molecule has 31 heavy (non-hydrogen) atoms. The number of rotatable bonds is 4. The molecule has 0 bridgehead atoms. The van der Waals surface area contributed by atoms with Crippen LogP contribution in [0.4, 0.5) is 0 Å². The minimum atomic E-state index is -0.271. The molecule has 2 saturated heterocycles. The Balaban J connectivity index is 1.75. The van der Waals surface area contributed by atoms with E-state index >= 15 is 0 Å². The van der Waals surface area contributed by atoms with Crippen LogP contribution in [-0.4, -0.2) is 57.6 Å². The van der Waals surface area contributed by atoms with Crippen LogP contribution < -0.4 is 0 Å². The highest BCUT2D eigenvalue weighted by Gasteiger charge is 2.46. The predicted octanol–water partition coefficient (Wildman–Crippen LogP) is 4.58. The molecular formula is C24H43N5O2. The van der Waals surface area contributed by atoms with Gasteiger partial charge in [-0.25, -0.2) is 15.0 Å². The highest BCUT2D eigenvalue weighted by atomic mass is 16.5. The molecule has 7 heteroatoms. The van der Waals surface area contributed by atoms with Crippen molar-refractivity contribution in [2.24, 2.45) is 11.8 Å². The van der Waals surface area contributed by atoms with Crippen LogP contribution in [0.15, 0.2) is 0 Å². The van der Waals surface area contributed by atoms with Crippen LogP contribution in [-0.2, 0) is 12.8 Å². The Kier molecular flexibility index (Phi) is 6.33. The number of hydrogen-bond donors (Lipinski definition) is 2. The third-order valence-electron chi connectivity index (χ3n) is 7.23. The van der Waals surface area contributed by atoms with E-state index in [1.165, 1.54) is 10.1 Å². The molecule has 0 saturated carbocycles. The topological polar surface area (TPSA) is 85.6 Å². The summed E-state index contributed by atoms with van der Waals surface area (Å²) in [5.41, 5.74) is -1.08. The maximum atomic E-state index is 10.6. The lowest BCUT2D eigenvalue weighted by molar-refractivity contribution is -0.251. The van der Waals surface area contributed by atoms with Crippen molar-refractivity contribution < 1.29 is 10.4 Å². The summed E-state index contributed by atoms with van der Waals surface area (Å²) in [5.74, 6) is 3.33. The monoisotopic (exact) mass is 433 g/mol. The molecule has 176 valence electrons. The lowest BCUT2D eigenvalue weighted by Gasteiger charge is -2.51. The first-order chi connectivity index (χ1) is 14.0. The summed E-state index contributed by atoms with van der Waals surface area (Å²) in [6.07, 6.45) is 5.25. The molecule has 7 nitrogen and oxygen atoms in total. The van der Waals surface area contributed by atoms with Crippen LogP contribution in [0.5, 0.6) is 0 Å². The Morgan fingerprint density at radius 2 is 0.935 bits per heavy atom. The first kappa shape index (κ1) is 24.5. The molecule has 0 aliphatic carbocycles. The summed E-state index contributed by atoms with van der Waals surface area (Å²) in [5, 5.41) is 24.2. The van der Waals surface area contributed by atoms with Gasteiger partial charge in [0.1, 0.15) is 17.5 Å². The number of aryl methyl sites for hydroxylation is 1. The quantitative estimate of drug-likeness (QED) is 0.718. The second-order valence-corrected chi connectivity index (χ2v) is 12.5. The number of aromatic nitrogens is 3. The van der Waals surface area contributed by atoms with Crippen LogP contribution in [0.25, 0.3) is 0 Å². The molecule has 2 aliphatic heterocycles. The van der Waals surface area contributed by atoms with Gasteiger partial charge in [-0.2, -0.15) is 10.1 Å². The van der Waals surface area contributed by atoms with E-state index < -0.39 is 0 Å². The van der Waals surface area contributed by atoms with Gasteiger partial charge in [-0.1, -0.05) is 0 Å². The highest BCUT2D eigenvalue weighted by molar-refractivity contribution is 5.04. The third kappa shape index (κ3) is 5.27. The van der Waals surface area contributed by atoms with Gasteiger partial charge >= 0.3 is 0 Å². The van der Waals surface area contributed by atoms with Gasteiger partial charge in [-0.3, -0.25) is 0 Å². The van der Waals surface area contributed by atoms with Crippen LogP contribution >= 0.6 is 0 Å². The zero-order chi connectivity index (χ0) is 23.4. The normalized spacial score (nSPS) is 26.8. The Morgan fingerprint density at radius 3 is 1.23 bits per heavy atom. The first-order valence-corrected chi connectivity index (χ1v) is 11.7. The second kappa shape index (κ2) is 8.01. The van der Waals surface area contributed by atoms with E-state index in [9.17, 15) is 10.4 Å². The SMILES string of the molecule is Cc1nc(CC2CC(C)(C)N(O)C(C)(C)C2)nc(CC2CC(C)(C)N(O)C(C)(C)C2)n1. The summed E-state index contributed by atoms with van der Waals surface area (Å²) in [7, 11) is 0. The zero-order valence-electron chi connectivity index (χ0n) is 21.0. The number of hydroxylamine groups is 4. The van der Waals surface area contributed by atoms with Gasteiger partial charge in [0.05, 0.1) is 0 Å². The molecule has 2 N–H and O–H groups in total. The summed E-state index contributed by atoms with van der Waals surface area (Å²) in [4.78, 5) is 14.2. The third-order valence-corrected chi connectivity index (χ3v) is 7.23. The van der Waals surface area contributed by atoms with E-state index in [1.54, 1.807) is 0 Å². The first-order valence-electron chi connectivity index (χ1n) is 11.7. The van der Waals surface area contributed by atoms with Crippen molar-refractivity contribution >= 4 is 0 Å². The molecule has 1 aromatic rings. The Morgan fingerprint density at radius 1 is 0.645 bits per heavy atom. The molecule has 2 fully saturated rings. The molecule has 1 aromatic heterocycles. The van der Waals surface area contributed by atoms with Crippen molar-refractivity contribution in [3.63, 3.8) is 0 Å². The van der Waals surface area contributed by atoms with Gasteiger partial charge in [0.15, 0.2) is 0 Å². The molecule has 2 aliphatic rings. The van der Waals surface area contributed by atoms with Gasteiger partial charge in [0.2, 0.25) is 0 Å². The molecule has 0 atom stereocenters. The highest BCUT2D eigenvalue weighted by Crippen LogP contribution is 2.42. The van der Waals surface area contributed by atoms with E-state index in [-0.39, 0.29) is 22.2 Å². The lowest BCUT2D eigenvalue weighted by Crippen LogP contribution is -2.59. The molecular weight excluding hydrogens is 390 g/mol. The standard InChI is InChI=1S/C24H43N5O2/c1-16-25-19(10-17-12-21(2,3)28(30)22(4,5)13-17)27-20(26-16)11-18-14-23(6,7)29(31)24(8,9)15-18/h17-18,30-31H,10-15H2,1-9H3. The van der Waals surface area contributed by atoms with Gasteiger partial charge in [-0.05, 0) is 99.8 Å². The molecule has 0 radical (unpaired) electrons. The fourth-order valence-corrected chi connectivity index (χ4v) is 6.54. The molecule has 0 unspecified atom stereocenters. The van der Waals surface area contributed by atoms with E-state index in [2.05, 4.69) is 65.4 Å². The average Bonchev–Trinajstić information content (AvgIpc) is 2.56. The van der Waals surface area contributed by atoms with Crippen molar-refractivity contribution in [3.8, 4) is 0 Å². The van der Waals surface area contributed by atoms with Crippen molar-refractivity contribution in [2.45, 2.75) is 123 Å². The van der Waals surface area contributed by atoms with Gasteiger partial charge in [0.25, 0.3) is 0 Å².